The van der Waals surface area contributed by atoms with Gasteiger partial charge in [-0.3, -0.25) is 10.4 Å². The molecule has 0 fully saturated rings. The summed E-state index contributed by atoms with van der Waals surface area (Å²) in [5.41, 5.74) is 4.75. The van der Waals surface area contributed by atoms with E-state index in [0.717, 1.165) is 11.4 Å². The van der Waals surface area contributed by atoms with Crippen molar-refractivity contribution < 1.29 is 0 Å². The van der Waals surface area contributed by atoms with Crippen LogP contribution in [0, 0.1) is 3.57 Å². The average molecular weight is 323 g/mol. The van der Waals surface area contributed by atoms with Gasteiger partial charge in [-0.1, -0.05) is 6.07 Å². The van der Waals surface area contributed by atoms with Crippen molar-refractivity contribution in [2.45, 2.75) is 0 Å². The van der Waals surface area contributed by atoms with Crippen LogP contribution in [-0.4, -0.2) is 11.2 Å². The molecule has 0 saturated carbocycles. The lowest BCUT2D eigenvalue weighted by molar-refractivity contribution is 1.28. The van der Waals surface area contributed by atoms with E-state index in [1.807, 2.05) is 42.5 Å². The van der Waals surface area contributed by atoms with Gasteiger partial charge in [-0.25, -0.2) is 0 Å². The van der Waals surface area contributed by atoms with Crippen molar-refractivity contribution in [2.24, 2.45) is 5.10 Å². The second-order valence-corrected chi connectivity index (χ2v) is 4.38. The number of nitrogens with one attached hydrogen (secondary N) is 1. The van der Waals surface area contributed by atoms with Gasteiger partial charge < -0.3 is 0 Å². The summed E-state index contributed by atoms with van der Waals surface area (Å²) in [6, 6.07) is 13.7. The number of hydrogen-bond acceptors (Lipinski definition) is 3. The Morgan fingerprint density at radius 3 is 2.62 bits per heavy atom. The summed E-state index contributed by atoms with van der Waals surface area (Å²) in [6.45, 7) is 0. The van der Waals surface area contributed by atoms with Gasteiger partial charge in [-0.15, -0.1) is 0 Å². The number of hydrazone groups is 1. The van der Waals surface area contributed by atoms with E-state index in [-0.39, 0.29) is 0 Å². The first-order valence-electron chi connectivity index (χ1n) is 4.80. The standard InChI is InChI=1S/C12H10IN3/c13-10-4-6-11(7-5-10)16-15-9-12-3-1-2-8-14-12/h1-9,16H. The normalized spacial score (nSPS) is 10.6. The zero-order chi connectivity index (χ0) is 11.2. The summed E-state index contributed by atoms with van der Waals surface area (Å²) in [5.74, 6) is 0. The van der Waals surface area contributed by atoms with Crippen molar-refractivity contribution in [3.63, 3.8) is 0 Å². The highest BCUT2D eigenvalue weighted by Gasteiger charge is 1.89. The second-order valence-electron chi connectivity index (χ2n) is 3.13. The van der Waals surface area contributed by atoms with E-state index in [1.165, 1.54) is 3.57 Å². The fourth-order valence-electron chi connectivity index (χ4n) is 1.15. The fourth-order valence-corrected chi connectivity index (χ4v) is 1.51. The van der Waals surface area contributed by atoms with E-state index >= 15 is 0 Å². The lowest BCUT2D eigenvalue weighted by atomic mass is 10.3. The van der Waals surface area contributed by atoms with E-state index in [2.05, 4.69) is 38.1 Å². The molecule has 1 aromatic carbocycles. The number of anilines is 1. The number of benzene rings is 1. The van der Waals surface area contributed by atoms with Gasteiger partial charge in [0, 0.05) is 9.77 Å². The average Bonchev–Trinajstić information content (AvgIpc) is 2.33. The minimum atomic E-state index is 0.834. The Kier molecular flexibility index (Phi) is 3.87. The Morgan fingerprint density at radius 1 is 1.12 bits per heavy atom. The molecule has 1 aromatic heterocycles. The molecule has 0 aliphatic carbocycles. The SMILES string of the molecule is Ic1ccc(NN=Cc2ccccn2)cc1. The predicted octanol–water partition coefficient (Wildman–Crippen LogP) is 3.13. The molecule has 0 amide bonds. The molecule has 0 bridgehead atoms. The van der Waals surface area contributed by atoms with E-state index < -0.39 is 0 Å². The summed E-state index contributed by atoms with van der Waals surface area (Å²) < 4.78 is 1.21. The van der Waals surface area contributed by atoms with Crippen LogP contribution >= 0.6 is 22.6 Å². The van der Waals surface area contributed by atoms with Gasteiger partial charge in [-0.2, -0.15) is 5.10 Å². The molecule has 0 aliphatic rings. The molecule has 3 nitrogen and oxygen atoms in total. The topological polar surface area (TPSA) is 37.3 Å². The van der Waals surface area contributed by atoms with Crippen molar-refractivity contribution in [3.8, 4) is 0 Å². The molecule has 0 saturated heterocycles. The number of rotatable bonds is 3. The van der Waals surface area contributed by atoms with Crippen LogP contribution in [0.4, 0.5) is 5.69 Å². The van der Waals surface area contributed by atoms with Crippen molar-refractivity contribution in [3.05, 3.63) is 57.9 Å². The maximum Gasteiger partial charge on any atom is 0.0830 e. The molecule has 1 N–H and O–H groups in total. The number of pyridine rings is 1. The van der Waals surface area contributed by atoms with Gasteiger partial charge in [0.15, 0.2) is 0 Å². The summed E-state index contributed by atoms with van der Waals surface area (Å²) >= 11 is 2.27. The zero-order valence-electron chi connectivity index (χ0n) is 8.47. The Balaban J connectivity index is 1.97. The number of aromatic nitrogens is 1. The van der Waals surface area contributed by atoms with Gasteiger partial charge in [0.1, 0.15) is 0 Å². The largest absolute Gasteiger partial charge is 0.278 e. The molecule has 1 heterocycles. The minimum absolute atomic E-state index is 0.834. The monoisotopic (exact) mass is 323 g/mol. The molecule has 0 spiro atoms. The van der Waals surface area contributed by atoms with Gasteiger partial charge in [0.05, 0.1) is 17.6 Å². The first kappa shape index (κ1) is 11.1. The maximum atomic E-state index is 4.13. The smallest absolute Gasteiger partial charge is 0.0830 e. The van der Waals surface area contributed by atoms with Gasteiger partial charge in [0.25, 0.3) is 0 Å². The molecule has 16 heavy (non-hydrogen) atoms. The van der Waals surface area contributed by atoms with Crippen molar-refractivity contribution in [2.75, 3.05) is 5.43 Å². The van der Waals surface area contributed by atoms with E-state index in [0.29, 0.717) is 0 Å². The van der Waals surface area contributed by atoms with Crippen LogP contribution in [0.2, 0.25) is 0 Å². The predicted molar refractivity (Wildman–Crippen MR) is 74.6 cm³/mol. The molecule has 0 unspecified atom stereocenters. The van der Waals surface area contributed by atoms with Crippen LogP contribution in [0.25, 0.3) is 0 Å². The number of nitrogens with zero attached hydrogens (tertiary/aromatic N) is 2. The Labute approximate surface area is 108 Å². The third-order valence-corrected chi connectivity index (χ3v) is 2.64. The first-order chi connectivity index (χ1) is 7.84. The number of halogens is 1. The quantitative estimate of drug-likeness (QED) is 0.535. The third kappa shape index (κ3) is 3.30. The molecular formula is C12H10IN3. The lowest BCUT2D eigenvalue weighted by Gasteiger charge is -1.99. The van der Waals surface area contributed by atoms with Gasteiger partial charge in [-0.05, 0) is 59.0 Å². The van der Waals surface area contributed by atoms with Gasteiger partial charge >= 0.3 is 0 Å². The van der Waals surface area contributed by atoms with Crippen LogP contribution in [0.5, 0.6) is 0 Å². The summed E-state index contributed by atoms with van der Waals surface area (Å²) in [4.78, 5) is 4.13. The summed E-state index contributed by atoms with van der Waals surface area (Å²) in [7, 11) is 0. The third-order valence-electron chi connectivity index (χ3n) is 1.92. The molecule has 0 radical (unpaired) electrons. The molecule has 2 aromatic rings. The Morgan fingerprint density at radius 2 is 1.94 bits per heavy atom. The Hall–Kier alpha value is -1.43. The Bertz CT molecular complexity index is 465. The van der Waals surface area contributed by atoms with Crippen LogP contribution in [0.1, 0.15) is 5.69 Å². The zero-order valence-corrected chi connectivity index (χ0v) is 10.6. The molecule has 80 valence electrons. The molecular weight excluding hydrogens is 313 g/mol. The molecule has 4 heteroatoms. The lowest BCUT2D eigenvalue weighted by Crippen LogP contribution is -1.91. The highest BCUT2D eigenvalue weighted by Crippen LogP contribution is 2.10. The van der Waals surface area contributed by atoms with Crippen molar-refractivity contribution in [1.82, 2.24) is 4.98 Å². The van der Waals surface area contributed by atoms with Crippen LogP contribution in [0.3, 0.4) is 0 Å². The first-order valence-corrected chi connectivity index (χ1v) is 5.88. The molecule has 0 aliphatic heterocycles. The maximum absolute atomic E-state index is 4.13. The minimum Gasteiger partial charge on any atom is -0.278 e. The second kappa shape index (κ2) is 5.60. The van der Waals surface area contributed by atoms with Crippen LogP contribution < -0.4 is 5.43 Å². The van der Waals surface area contributed by atoms with Crippen molar-refractivity contribution in [1.29, 1.82) is 0 Å². The molecule has 2 rings (SSSR count). The van der Waals surface area contributed by atoms with E-state index in [9.17, 15) is 0 Å². The van der Waals surface area contributed by atoms with E-state index in [1.54, 1.807) is 12.4 Å². The number of hydrogen-bond donors (Lipinski definition) is 1. The van der Waals surface area contributed by atoms with Crippen LogP contribution in [-0.2, 0) is 0 Å². The summed E-state index contributed by atoms with van der Waals surface area (Å²) in [6.07, 6.45) is 3.43. The van der Waals surface area contributed by atoms with E-state index in [4.69, 9.17) is 0 Å². The fraction of sp³-hybridized carbons (Fsp3) is 0. The highest BCUT2D eigenvalue weighted by atomic mass is 127. The summed E-state index contributed by atoms with van der Waals surface area (Å²) in [5, 5.41) is 4.10. The van der Waals surface area contributed by atoms with Crippen molar-refractivity contribution >= 4 is 34.5 Å². The highest BCUT2D eigenvalue weighted by molar-refractivity contribution is 14.1. The molecule has 0 atom stereocenters. The van der Waals surface area contributed by atoms with Crippen LogP contribution in [0.15, 0.2) is 53.8 Å². The van der Waals surface area contributed by atoms with Gasteiger partial charge in [0.2, 0.25) is 0 Å².